The van der Waals surface area contributed by atoms with Gasteiger partial charge in [0.05, 0.1) is 6.61 Å². The minimum atomic E-state index is 0.269. The van der Waals surface area contributed by atoms with Crippen molar-refractivity contribution in [3.8, 4) is 22.1 Å². The zero-order valence-electron chi connectivity index (χ0n) is 11.3. The number of benzene rings is 1. The largest absolute Gasteiger partial charge is 0.454 e. The number of methoxy groups -OCH3 is 1. The molecule has 7 nitrogen and oxygen atoms in total. The van der Waals surface area contributed by atoms with Crippen LogP contribution in [-0.4, -0.2) is 40.3 Å². The molecule has 3 heterocycles. The third-order valence-electron chi connectivity index (χ3n) is 3.20. The van der Waals surface area contributed by atoms with Gasteiger partial charge < -0.3 is 14.2 Å². The van der Waals surface area contributed by atoms with Crippen LogP contribution in [0.4, 0.5) is 0 Å². The van der Waals surface area contributed by atoms with Crippen molar-refractivity contribution in [2.45, 2.75) is 6.42 Å². The van der Waals surface area contributed by atoms with Gasteiger partial charge in [0, 0.05) is 19.1 Å². The second-order valence-electron chi connectivity index (χ2n) is 4.53. The predicted molar refractivity (Wildman–Crippen MR) is 75.8 cm³/mol. The summed E-state index contributed by atoms with van der Waals surface area (Å²) in [5.74, 6) is 2.32. The van der Waals surface area contributed by atoms with Gasteiger partial charge in [-0.2, -0.15) is 9.61 Å². The SMILES string of the molecule is COCCc1nnc2sc(-c3ccc4c(c3)OCO4)nn12. The van der Waals surface area contributed by atoms with Gasteiger partial charge in [-0.25, -0.2) is 0 Å². The smallest absolute Gasteiger partial charge is 0.234 e. The van der Waals surface area contributed by atoms with Crippen molar-refractivity contribution in [1.29, 1.82) is 0 Å². The number of hydrogen-bond acceptors (Lipinski definition) is 7. The molecule has 1 aliphatic heterocycles. The number of ether oxygens (including phenoxy) is 3. The van der Waals surface area contributed by atoms with Gasteiger partial charge in [0.25, 0.3) is 0 Å². The Kier molecular flexibility index (Phi) is 2.97. The molecule has 0 saturated heterocycles. The van der Waals surface area contributed by atoms with E-state index < -0.39 is 0 Å². The van der Waals surface area contributed by atoms with E-state index in [0.29, 0.717) is 13.0 Å². The van der Waals surface area contributed by atoms with Crippen molar-refractivity contribution in [3.05, 3.63) is 24.0 Å². The summed E-state index contributed by atoms with van der Waals surface area (Å²) in [4.78, 5) is 0.772. The van der Waals surface area contributed by atoms with Crippen LogP contribution in [0.15, 0.2) is 18.2 Å². The molecule has 0 bridgehead atoms. The van der Waals surface area contributed by atoms with Crippen LogP contribution in [0.5, 0.6) is 11.5 Å². The molecule has 108 valence electrons. The van der Waals surface area contributed by atoms with Crippen LogP contribution >= 0.6 is 11.3 Å². The van der Waals surface area contributed by atoms with Crippen LogP contribution in [0.1, 0.15) is 5.82 Å². The van der Waals surface area contributed by atoms with E-state index in [1.807, 2.05) is 18.2 Å². The third-order valence-corrected chi connectivity index (χ3v) is 4.15. The molecule has 0 spiro atoms. The molecule has 0 atom stereocenters. The zero-order chi connectivity index (χ0) is 14.2. The molecule has 2 aromatic heterocycles. The normalized spacial score (nSPS) is 13.2. The molecule has 0 amide bonds. The van der Waals surface area contributed by atoms with Crippen molar-refractivity contribution < 1.29 is 14.2 Å². The van der Waals surface area contributed by atoms with Gasteiger partial charge in [-0.15, -0.1) is 10.2 Å². The summed E-state index contributed by atoms with van der Waals surface area (Å²) in [6.45, 7) is 0.864. The van der Waals surface area contributed by atoms with Gasteiger partial charge in [0.15, 0.2) is 17.3 Å². The summed E-state index contributed by atoms with van der Waals surface area (Å²) in [6, 6.07) is 5.79. The van der Waals surface area contributed by atoms with Crippen molar-refractivity contribution in [2.75, 3.05) is 20.5 Å². The molecular weight excluding hydrogens is 292 g/mol. The minimum Gasteiger partial charge on any atom is -0.454 e. The molecule has 8 heteroatoms. The highest BCUT2D eigenvalue weighted by Crippen LogP contribution is 2.36. The predicted octanol–water partition coefficient (Wildman–Crippen LogP) is 1.77. The van der Waals surface area contributed by atoms with Crippen LogP contribution in [-0.2, 0) is 11.2 Å². The fraction of sp³-hybridized carbons (Fsp3) is 0.308. The first-order chi connectivity index (χ1) is 10.3. The van der Waals surface area contributed by atoms with Crippen LogP contribution in [0, 0.1) is 0 Å². The Bertz CT molecular complexity index is 798. The third kappa shape index (κ3) is 2.12. The van der Waals surface area contributed by atoms with Crippen molar-refractivity contribution in [3.63, 3.8) is 0 Å². The summed E-state index contributed by atoms with van der Waals surface area (Å²) < 4.78 is 17.5. The molecule has 3 aromatic rings. The Morgan fingerprint density at radius 3 is 3.10 bits per heavy atom. The van der Waals surface area contributed by atoms with Crippen molar-refractivity contribution in [2.24, 2.45) is 0 Å². The van der Waals surface area contributed by atoms with Crippen LogP contribution in [0.25, 0.3) is 15.5 Å². The Morgan fingerprint density at radius 1 is 1.29 bits per heavy atom. The van der Waals surface area contributed by atoms with Gasteiger partial charge in [0.2, 0.25) is 11.8 Å². The molecule has 1 aliphatic rings. The van der Waals surface area contributed by atoms with Gasteiger partial charge >= 0.3 is 0 Å². The fourth-order valence-corrected chi connectivity index (χ4v) is 3.01. The Balaban J connectivity index is 1.72. The maximum atomic E-state index is 5.40. The summed E-state index contributed by atoms with van der Waals surface area (Å²) >= 11 is 1.49. The molecular formula is C13H12N4O3S. The number of aromatic nitrogens is 4. The van der Waals surface area contributed by atoms with Crippen LogP contribution in [0.3, 0.4) is 0 Å². The monoisotopic (exact) mass is 304 g/mol. The summed E-state index contributed by atoms with van der Waals surface area (Å²) in [5.41, 5.74) is 0.979. The second kappa shape index (κ2) is 4.97. The average molecular weight is 304 g/mol. The van der Waals surface area contributed by atoms with E-state index in [-0.39, 0.29) is 6.79 Å². The zero-order valence-corrected chi connectivity index (χ0v) is 12.1. The van der Waals surface area contributed by atoms with E-state index in [1.54, 1.807) is 11.6 Å². The lowest BCUT2D eigenvalue weighted by Gasteiger charge is -1.99. The first-order valence-corrected chi connectivity index (χ1v) is 7.27. The molecule has 0 radical (unpaired) electrons. The maximum absolute atomic E-state index is 5.40. The standard InChI is InChI=1S/C13H12N4O3S/c1-18-5-4-11-14-15-13-17(11)16-12(21-13)8-2-3-9-10(6-8)20-7-19-9/h2-3,6H,4-5,7H2,1H3. The Hall–Kier alpha value is -2.19. The fourth-order valence-electron chi connectivity index (χ4n) is 2.15. The molecule has 0 aliphatic carbocycles. The molecule has 0 unspecified atom stereocenters. The summed E-state index contributed by atoms with van der Waals surface area (Å²) in [7, 11) is 1.66. The molecule has 4 rings (SSSR count). The molecule has 0 fully saturated rings. The summed E-state index contributed by atoms with van der Waals surface area (Å²) in [5, 5.41) is 13.7. The lowest BCUT2D eigenvalue weighted by Crippen LogP contribution is -2.01. The van der Waals surface area contributed by atoms with E-state index in [2.05, 4.69) is 15.3 Å². The van der Waals surface area contributed by atoms with Gasteiger partial charge in [-0.3, -0.25) is 0 Å². The lowest BCUT2D eigenvalue weighted by atomic mass is 10.2. The molecule has 0 N–H and O–H groups in total. The highest BCUT2D eigenvalue weighted by Gasteiger charge is 2.17. The van der Waals surface area contributed by atoms with Crippen molar-refractivity contribution >= 4 is 16.3 Å². The van der Waals surface area contributed by atoms with E-state index >= 15 is 0 Å². The quantitative estimate of drug-likeness (QED) is 0.731. The van der Waals surface area contributed by atoms with E-state index in [9.17, 15) is 0 Å². The van der Waals surface area contributed by atoms with Crippen LogP contribution in [0.2, 0.25) is 0 Å². The highest BCUT2D eigenvalue weighted by molar-refractivity contribution is 7.19. The Morgan fingerprint density at radius 2 is 2.19 bits per heavy atom. The van der Waals surface area contributed by atoms with Gasteiger partial charge in [-0.1, -0.05) is 11.3 Å². The number of fused-ring (bicyclic) bond motifs is 2. The molecule has 21 heavy (non-hydrogen) atoms. The minimum absolute atomic E-state index is 0.269. The Labute approximate surface area is 124 Å². The number of hydrogen-bond donors (Lipinski definition) is 0. The first-order valence-electron chi connectivity index (χ1n) is 6.45. The number of nitrogens with zero attached hydrogens (tertiary/aromatic N) is 4. The van der Waals surface area contributed by atoms with E-state index in [0.717, 1.165) is 32.9 Å². The lowest BCUT2D eigenvalue weighted by molar-refractivity contribution is 0.174. The summed E-state index contributed by atoms with van der Waals surface area (Å²) in [6.07, 6.45) is 0.683. The average Bonchev–Trinajstić information content (AvgIpc) is 3.19. The van der Waals surface area contributed by atoms with E-state index in [4.69, 9.17) is 14.2 Å². The molecule has 1 aromatic carbocycles. The maximum Gasteiger partial charge on any atom is 0.234 e. The first kappa shape index (κ1) is 12.5. The number of rotatable bonds is 4. The molecule has 0 saturated carbocycles. The van der Waals surface area contributed by atoms with E-state index in [1.165, 1.54) is 11.3 Å². The van der Waals surface area contributed by atoms with Crippen molar-refractivity contribution in [1.82, 2.24) is 19.8 Å². The van der Waals surface area contributed by atoms with Crippen LogP contribution < -0.4 is 9.47 Å². The highest BCUT2D eigenvalue weighted by atomic mass is 32.1. The van der Waals surface area contributed by atoms with Gasteiger partial charge in [0.1, 0.15) is 5.01 Å². The second-order valence-corrected chi connectivity index (χ2v) is 5.48. The topological polar surface area (TPSA) is 70.8 Å². The van der Waals surface area contributed by atoms with Gasteiger partial charge in [-0.05, 0) is 18.2 Å².